The number of nitrogens with zero attached hydrogens (tertiary/aromatic N) is 1. The molecular weight excluding hydrogens is 580 g/mol. The molecule has 2 aliphatic carbocycles. The molecule has 44 heavy (non-hydrogen) atoms. The van der Waals surface area contributed by atoms with Gasteiger partial charge in [-0.25, -0.2) is 13.4 Å². The van der Waals surface area contributed by atoms with Crippen LogP contribution in [-0.4, -0.2) is 75.2 Å². The normalized spacial score (nSPS) is 19.8. The van der Waals surface area contributed by atoms with E-state index in [1.165, 1.54) is 12.7 Å². The number of aliphatic hydroxyl groups is 2. The van der Waals surface area contributed by atoms with Gasteiger partial charge in [0, 0.05) is 12.6 Å². The highest BCUT2D eigenvalue weighted by atomic mass is 32.2. The average molecular weight is 631 g/mol. The van der Waals surface area contributed by atoms with Crippen molar-refractivity contribution in [2.24, 2.45) is 17.8 Å². The van der Waals surface area contributed by atoms with Crippen LogP contribution >= 0.6 is 0 Å². The first-order valence-corrected chi connectivity index (χ1v) is 17.7. The van der Waals surface area contributed by atoms with E-state index in [0.29, 0.717) is 18.0 Å². The predicted molar refractivity (Wildman–Crippen MR) is 169 cm³/mol. The quantitative estimate of drug-likeness (QED) is 0.202. The van der Waals surface area contributed by atoms with Gasteiger partial charge in [-0.05, 0) is 63.9 Å². The van der Waals surface area contributed by atoms with Gasteiger partial charge in [0.2, 0.25) is 11.8 Å². The highest BCUT2D eigenvalue weighted by molar-refractivity contribution is 7.92. The van der Waals surface area contributed by atoms with Crippen molar-refractivity contribution >= 4 is 21.7 Å². The lowest BCUT2D eigenvalue weighted by Gasteiger charge is -2.33. The summed E-state index contributed by atoms with van der Waals surface area (Å²) in [5.74, 6) is -1.99. The van der Waals surface area contributed by atoms with Crippen molar-refractivity contribution < 1.29 is 28.2 Å². The molecule has 0 aliphatic heterocycles. The molecule has 2 aromatic rings. The minimum absolute atomic E-state index is 0.0267. The Morgan fingerprint density at radius 1 is 0.977 bits per heavy atom. The van der Waals surface area contributed by atoms with E-state index < -0.39 is 56.6 Å². The first-order chi connectivity index (χ1) is 20.8. The van der Waals surface area contributed by atoms with Gasteiger partial charge in [-0.15, -0.1) is 0 Å². The van der Waals surface area contributed by atoms with Gasteiger partial charge in [-0.3, -0.25) is 9.59 Å². The van der Waals surface area contributed by atoms with Crippen molar-refractivity contribution in [2.75, 3.05) is 5.75 Å². The summed E-state index contributed by atoms with van der Waals surface area (Å²) in [6.45, 7) is 4.84. The summed E-state index contributed by atoms with van der Waals surface area (Å²) in [5.41, 5.74) is 1.37. The van der Waals surface area contributed by atoms with E-state index in [1.807, 2.05) is 30.3 Å². The van der Waals surface area contributed by atoms with E-state index in [4.69, 9.17) is 0 Å². The fourth-order valence-corrected chi connectivity index (χ4v) is 7.35. The molecule has 0 bridgehead atoms. The molecule has 10 nitrogen and oxygen atoms in total. The molecule has 0 spiro atoms. The van der Waals surface area contributed by atoms with Crippen molar-refractivity contribution in [1.29, 1.82) is 0 Å². The number of benzene rings is 1. The maximum absolute atomic E-state index is 13.9. The average Bonchev–Trinajstić information content (AvgIpc) is 3.71. The lowest BCUT2D eigenvalue weighted by molar-refractivity contribution is -0.132. The fraction of sp³-hybridized carbons (Fsp3) is 0.667. The first kappa shape index (κ1) is 34.1. The van der Waals surface area contributed by atoms with E-state index >= 15 is 0 Å². The molecule has 1 aromatic carbocycles. The Morgan fingerprint density at radius 3 is 2.25 bits per heavy atom. The Labute approximate surface area is 261 Å². The molecule has 0 radical (unpaired) electrons. The van der Waals surface area contributed by atoms with Gasteiger partial charge in [0.25, 0.3) is 0 Å². The summed E-state index contributed by atoms with van der Waals surface area (Å²) in [5, 5.41) is 27.8. The molecule has 1 heterocycles. The number of aliphatic hydroxyl groups excluding tert-OH is 2. The van der Waals surface area contributed by atoms with E-state index in [9.17, 15) is 28.2 Å². The maximum Gasteiger partial charge on any atom is 0.243 e. The second-order valence-corrected chi connectivity index (χ2v) is 16.6. The van der Waals surface area contributed by atoms with E-state index in [1.54, 1.807) is 27.0 Å². The molecule has 4 rings (SSSR count). The first-order valence-electron chi connectivity index (χ1n) is 16.0. The second kappa shape index (κ2) is 15.0. The third-order valence-electron chi connectivity index (χ3n) is 9.16. The molecule has 5 N–H and O–H groups in total. The maximum atomic E-state index is 13.9. The van der Waals surface area contributed by atoms with E-state index in [2.05, 4.69) is 20.6 Å². The van der Waals surface area contributed by atoms with Gasteiger partial charge in [-0.1, -0.05) is 62.4 Å². The standard InChI is InChI=1S/C33H50N4O6S/c1-33(2,3)44(42,43)20-25(16-22-10-6-4-7-11-22)31(40)37-28(18-26-19-34-21-35-26)32(41)36-27(17-23-12-8-5-9-13-23)30(39)29(38)24-14-15-24/h4,6-7,10-11,19,21,23-25,27-30,38-39H,5,8-9,12-18,20H2,1-3H3,(H,34,35)(H,36,41)(H,37,40)/t25-,27-,28-,29-,30+/m0/s1. The van der Waals surface area contributed by atoms with Crippen molar-refractivity contribution in [3.8, 4) is 0 Å². The third-order valence-corrected chi connectivity index (χ3v) is 11.9. The SMILES string of the molecule is CC(C)(C)S(=O)(=O)C[C@H](Cc1ccccc1)C(=O)N[C@@H](Cc1c[nH]cn1)C(=O)N[C@@H](CC1CCCCC1)[C@@H](O)[C@@H](O)C1CC1. The number of H-pyrrole nitrogens is 1. The zero-order valence-electron chi connectivity index (χ0n) is 26.2. The number of aromatic amines is 1. The van der Waals surface area contributed by atoms with Crippen LogP contribution in [0.4, 0.5) is 0 Å². The molecule has 244 valence electrons. The van der Waals surface area contributed by atoms with Crippen LogP contribution < -0.4 is 10.6 Å². The molecule has 0 saturated heterocycles. The van der Waals surface area contributed by atoms with Crippen LogP contribution in [-0.2, 0) is 32.3 Å². The Kier molecular flexibility index (Phi) is 11.6. The van der Waals surface area contributed by atoms with Crippen molar-refractivity contribution in [3.05, 3.63) is 54.1 Å². The monoisotopic (exact) mass is 630 g/mol. The number of carbonyl (C=O) groups is 2. The van der Waals surface area contributed by atoms with Crippen LogP contribution in [0.25, 0.3) is 0 Å². The molecule has 0 unspecified atom stereocenters. The Balaban J connectivity index is 1.56. The smallest absolute Gasteiger partial charge is 0.243 e. The minimum Gasteiger partial charge on any atom is -0.390 e. The van der Waals surface area contributed by atoms with Crippen molar-refractivity contribution in [3.63, 3.8) is 0 Å². The van der Waals surface area contributed by atoms with Gasteiger partial charge < -0.3 is 25.8 Å². The van der Waals surface area contributed by atoms with E-state index in [-0.39, 0.29) is 24.5 Å². The molecule has 2 aliphatic rings. The number of hydrogen-bond acceptors (Lipinski definition) is 7. The number of sulfone groups is 1. The van der Waals surface area contributed by atoms with Crippen LogP contribution in [0.15, 0.2) is 42.9 Å². The predicted octanol–water partition coefficient (Wildman–Crippen LogP) is 3.10. The van der Waals surface area contributed by atoms with Gasteiger partial charge in [0.15, 0.2) is 9.84 Å². The summed E-state index contributed by atoms with van der Waals surface area (Å²) in [6.07, 6.45) is 8.97. The molecule has 5 atom stereocenters. The van der Waals surface area contributed by atoms with E-state index in [0.717, 1.165) is 44.1 Å². The zero-order chi connectivity index (χ0) is 31.9. The highest BCUT2D eigenvalue weighted by Crippen LogP contribution is 2.36. The summed E-state index contributed by atoms with van der Waals surface area (Å²) in [4.78, 5) is 34.9. The van der Waals surface area contributed by atoms with Crippen LogP contribution in [0.3, 0.4) is 0 Å². The number of carbonyl (C=O) groups excluding carboxylic acids is 2. The van der Waals surface area contributed by atoms with Crippen molar-refractivity contribution in [2.45, 2.75) is 114 Å². The van der Waals surface area contributed by atoms with Crippen LogP contribution in [0.5, 0.6) is 0 Å². The third kappa shape index (κ3) is 9.62. The number of rotatable bonds is 15. The molecule has 1 aromatic heterocycles. The lowest BCUT2D eigenvalue weighted by Crippen LogP contribution is -2.57. The van der Waals surface area contributed by atoms with Crippen molar-refractivity contribution in [1.82, 2.24) is 20.6 Å². The molecule has 2 amide bonds. The topological polar surface area (TPSA) is 161 Å². The number of nitrogens with one attached hydrogen (secondary N) is 3. The summed E-state index contributed by atoms with van der Waals surface area (Å²) < 4.78 is 25.4. The number of aromatic nitrogens is 2. The molecule has 2 fully saturated rings. The second-order valence-electron chi connectivity index (χ2n) is 13.8. The summed E-state index contributed by atoms with van der Waals surface area (Å²) >= 11 is 0. The Bertz CT molecular complexity index is 1300. The fourth-order valence-electron chi connectivity index (χ4n) is 6.05. The number of amides is 2. The Morgan fingerprint density at radius 2 is 1.66 bits per heavy atom. The van der Waals surface area contributed by atoms with Gasteiger partial charge in [-0.2, -0.15) is 0 Å². The van der Waals surface area contributed by atoms with Crippen LogP contribution in [0, 0.1) is 17.8 Å². The number of imidazole rings is 1. The highest BCUT2D eigenvalue weighted by Gasteiger charge is 2.41. The molecule has 2 saturated carbocycles. The van der Waals surface area contributed by atoms with Crippen LogP contribution in [0.2, 0.25) is 0 Å². The largest absolute Gasteiger partial charge is 0.390 e. The van der Waals surface area contributed by atoms with Gasteiger partial charge >= 0.3 is 0 Å². The van der Waals surface area contributed by atoms with Gasteiger partial charge in [0.05, 0.1) is 40.6 Å². The molecule has 11 heteroatoms. The lowest BCUT2D eigenvalue weighted by atomic mass is 9.82. The summed E-state index contributed by atoms with van der Waals surface area (Å²) in [6, 6.07) is 7.48. The van der Waals surface area contributed by atoms with Crippen LogP contribution in [0.1, 0.15) is 83.4 Å². The minimum atomic E-state index is -3.67. The Hall–Kier alpha value is -2.76. The zero-order valence-corrected chi connectivity index (χ0v) is 27.1. The number of hydrogen-bond donors (Lipinski definition) is 5. The summed E-state index contributed by atoms with van der Waals surface area (Å²) in [7, 11) is -3.67. The van der Waals surface area contributed by atoms with Gasteiger partial charge in [0.1, 0.15) is 12.1 Å². The molecular formula is C33H50N4O6S.